The van der Waals surface area contributed by atoms with Crippen LogP contribution < -0.4 is 5.32 Å². The van der Waals surface area contributed by atoms with Crippen molar-refractivity contribution in [2.24, 2.45) is 0 Å². The highest BCUT2D eigenvalue weighted by atomic mass is 19.4. The molecule has 2 nitrogen and oxygen atoms in total. The number of nitrogens with zero attached hydrogens (tertiary/aromatic N) is 1. The smallest absolute Gasteiger partial charge is 0.309 e. The lowest BCUT2D eigenvalue weighted by Crippen LogP contribution is -2.08. The van der Waals surface area contributed by atoms with Crippen LogP contribution in [0.1, 0.15) is 11.4 Å². The van der Waals surface area contributed by atoms with Crippen molar-refractivity contribution >= 4 is 0 Å². The summed E-state index contributed by atoms with van der Waals surface area (Å²) in [5.74, 6) is 5.17. The molecule has 5 heteroatoms. The number of alkyl halides is 3. The van der Waals surface area contributed by atoms with E-state index in [1.54, 1.807) is 7.05 Å². The first-order valence-electron chi connectivity index (χ1n) is 4.22. The number of aromatic nitrogens is 1. The van der Waals surface area contributed by atoms with Gasteiger partial charge in [-0.2, -0.15) is 13.2 Å². The standard InChI is InChI=1S/C10H9F3N2/c1-14-7-3-5-8-4-2-6-9(15-8)10(11,12)13/h2,4,6,14H,7H2,1H3. The van der Waals surface area contributed by atoms with Crippen LogP contribution in [0.25, 0.3) is 0 Å². The van der Waals surface area contributed by atoms with Crippen molar-refractivity contribution in [3.05, 3.63) is 29.6 Å². The topological polar surface area (TPSA) is 24.9 Å². The van der Waals surface area contributed by atoms with Gasteiger partial charge in [-0.05, 0) is 25.1 Å². The van der Waals surface area contributed by atoms with Crippen LogP contribution in [-0.4, -0.2) is 18.6 Å². The van der Waals surface area contributed by atoms with Gasteiger partial charge >= 0.3 is 6.18 Å². The Labute approximate surface area is 85.5 Å². The molecule has 15 heavy (non-hydrogen) atoms. The first-order valence-corrected chi connectivity index (χ1v) is 4.22. The molecule has 1 aromatic rings. The van der Waals surface area contributed by atoms with Crippen LogP contribution in [0.5, 0.6) is 0 Å². The van der Waals surface area contributed by atoms with Gasteiger partial charge in [0.1, 0.15) is 11.4 Å². The highest BCUT2D eigenvalue weighted by Gasteiger charge is 2.32. The van der Waals surface area contributed by atoms with Gasteiger partial charge in [0.15, 0.2) is 0 Å². The number of pyridine rings is 1. The predicted octanol–water partition coefficient (Wildman–Crippen LogP) is 1.67. The molecule has 0 saturated carbocycles. The lowest BCUT2D eigenvalue weighted by atomic mass is 10.3. The van der Waals surface area contributed by atoms with Crippen molar-refractivity contribution in [1.29, 1.82) is 0 Å². The summed E-state index contributed by atoms with van der Waals surface area (Å²) in [5.41, 5.74) is -0.793. The Morgan fingerprint density at radius 1 is 1.40 bits per heavy atom. The quantitative estimate of drug-likeness (QED) is 0.719. The van der Waals surface area contributed by atoms with Crippen LogP contribution in [0, 0.1) is 11.8 Å². The fourth-order valence-corrected chi connectivity index (χ4v) is 0.885. The van der Waals surface area contributed by atoms with Gasteiger partial charge in [0.05, 0.1) is 6.54 Å². The van der Waals surface area contributed by atoms with E-state index in [1.807, 2.05) is 0 Å². The summed E-state index contributed by atoms with van der Waals surface area (Å²) in [4.78, 5) is 3.39. The molecule has 0 saturated heterocycles. The zero-order valence-corrected chi connectivity index (χ0v) is 8.02. The molecule has 80 valence electrons. The third-order valence-electron chi connectivity index (χ3n) is 1.52. The summed E-state index contributed by atoms with van der Waals surface area (Å²) >= 11 is 0. The second kappa shape index (κ2) is 4.80. The Morgan fingerprint density at radius 2 is 2.13 bits per heavy atom. The molecule has 0 aromatic carbocycles. The van der Waals surface area contributed by atoms with Crippen molar-refractivity contribution in [1.82, 2.24) is 10.3 Å². The molecule has 0 atom stereocenters. The Hall–Kier alpha value is -1.54. The van der Waals surface area contributed by atoms with Gasteiger partial charge in [0.2, 0.25) is 0 Å². The number of nitrogens with one attached hydrogen (secondary N) is 1. The van der Waals surface area contributed by atoms with Gasteiger partial charge in [0, 0.05) is 0 Å². The Kier molecular flexibility index (Phi) is 3.69. The van der Waals surface area contributed by atoms with Crippen molar-refractivity contribution in [3.8, 4) is 11.8 Å². The minimum absolute atomic E-state index is 0.125. The summed E-state index contributed by atoms with van der Waals surface area (Å²) in [6.07, 6.45) is -4.42. The Bertz CT molecular complexity index is 388. The number of rotatable bonds is 1. The Morgan fingerprint density at radius 3 is 2.73 bits per heavy atom. The average molecular weight is 214 g/mol. The van der Waals surface area contributed by atoms with Gasteiger partial charge in [0.25, 0.3) is 0 Å². The molecule has 0 amide bonds. The van der Waals surface area contributed by atoms with Crippen molar-refractivity contribution in [2.75, 3.05) is 13.6 Å². The van der Waals surface area contributed by atoms with Crippen molar-refractivity contribution in [2.45, 2.75) is 6.18 Å². The van der Waals surface area contributed by atoms with Gasteiger partial charge in [-0.25, -0.2) is 4.98 Å². The highest BCUT2D eigenvalue weighted by molar-refractivity contribution is 5.29. The molecule has 0 bridgehead atoms. The van der Waals surface area contributed by atoms with Crippen molar-refractivity contribution < 1.29 is 13.2 Å². The van der Waals surface area contributed by atoms with E-state index in [0.29, 0.717) is 6.54 Å². The minimum atomic E-state index is -4.42. The summed E-state index contributed by atoms with van der Waals surface area (Å²) < 4.78 is 36.7. The molecule has 0 spiro atoms. The highest BCUT2D eigenvalue weighted by Crippen LogP contribution is 2.27. The maximum atomic E-state index is 12.2. The first kappa shape index (κ1) is 11.5. The molecule has 1 rings (SSSR count). The van der Waals surface area contributed by atoms with E-state index in [9.17, 15) is 13.2 Å². The van der Waals surface area contributed by atoms with Crippen LogP contribution in [0.3, 0.4) is 0 Å². The van der Waals surface area contributed by atoms with Crippen molar-refractivity contribution in [3.63, 3.8) is 0 Å². The Balaban J connectivity index is 2.90. The lowest BCUT2D eigenvalue weighted by Gasteiger charge is -2.04. The number of hydrogen-bond donors (Lipinski definition) is 1. The molecular weight excluding hydrogens is 205 g/mol. The summed E-state index contributed by atoms with van der Waals surface area (Å²) in [6.45, 7) is 0.415. The predicted molar refractivity (Wildman–Crippen MR) is 50.0 cm³/mol. The molecule has 0 aliphatic heterocycles. The third-order valence-corrected chi connectivity index (χ3v) is 1.52. The second-order valence-electron chi connectivity index (χ2n) is 2.74. The summed E-state index contributed by atoms with van der Waals surface area (Å²) in [5, 5.41) is 2.76. The molecular formula is C10H9F3N2. The van der Waals surface area contributed by atoms with Gasteiger partial charge in [-0.3, -0.25) is 0 Å². The number of hydrogen-bond acceptors (Lipinski definition) is 2. The van der Waals surface area contributed by atoms with Crippen LogP contribution in [0.15, 0.2) is 18.2 Å². The summed E-state index contributed by atoms with van der Waals surface area (Å²) in [6, 6.07) is 3.65. The summed E-state index contributed by atoms with van der Waals surface area (Å²) in [7, 11) is 1.70. The van der Waals surface area contributed by atoms with E-state index in [1.165, 1.54) is 12.1 Å². The van der Waals surface area contributed by atoms with Crippen LogP contribution in [0.2, 0.25) is 0 Å². The largest absolute Gasteiger partial charge is 0.433 e. The number of halogens is 3. The fraction of sp³-hybridized carbons (Fsp3) is 0.300. The SMILES string of the molecule is CNCC#Cc1cccc(C(F)(F)F)n1. The molecule has 0 radical (unpaired) electrons. The molecule has 0 aliphatic rings. The van der Waals surface area contributed by atoms with Gasteiger partial charge in [-0.1, -0.05) is 12.0 Å². The maximum Gasteiger partial charge on any atom is 0.433 e. The molecule has 1 aromatic heterocycles. The van der Waals surface area contributed by atoms with E-state index in [0.717, 1.165) is 6.07 Å². The normalized spacial score (nSPS) is 10.7. The zero-order valence-electron chi connectivity index (χ0n) is 8.02. The van der Waals surface area contributed by atoms with Crippen LogP contribution in [-0.2, 0) is 6.18 Å². The monoisotopic (exact) mass is 214 g/mol. The van der Waals surface area contributed by atoms with Crippen LogP contribution in [0.4, 0.5) is 13.2 Å². The second-order valence-corrected chi connectivity index (χ2v) is 2.74. The fourth-order valence-electron chi connectivity index (χ4n) is 0.885. The van der Waals surface area contributed by atoms with Crippen LogP contribution >= 0.6 is 0 Å². The average Bonchev–Trinajstić information content (AvgIpc) is 2.17. The maximum absolute atomic E-state index is 12.2. The molecule has 0 fully saturated rings. The van der Waals surface area contributed by atoms with E-state index in [4.69, 9.17) is 0 Å². The van der Waals surface area contributed by atoms with Gasteiger partial charge in [-0.15, -0.1) is 0 Å². The van der Waals surface area contributed by atoms with Gasteiger partial charge < -0.3 is 5.32 Å². The van der Waals surface area contributed by atoms with E-state index in [-0.39, 0.29) is 5.69 Å². The van der Waals surface area contributed by atoms with E-state index in [2.05, 4.69) is 22.1 Å². The zero-order chi connectivity index (χ0) is 11.3. The minimum Gasteiger partial charge on any atom is -0.309 e. The lowest BCUT2D eigenvalue weighted by molar-refractivity contribution is -0.141. The third kappa shape index (κ3) is 3.60. The van der Waals surface area contributed by atoms with E-state index >= 15 is 0 Å². The molecule has 0 unspecified atom stereocenters. The molecule has 1 N–H and O–H groups in total. The molecule has 1 heterocycles. The van der Waals surface area contributed by atoms with E-state index < -0.39 is 11.9 Å². The molecule has 0 aliphatic carbocycles. The first-order chi connectivity index (χ1) is 7.04.